The van der Waals surface area contributed by atoms with E-state index in [-0.39, 0.29) is 11.0 Å². The molecule has 0 spiro atoms. The molecule has 0 saturated carbocycles. The SMILES string of the molecule is Bc1ccc(CC)cc1.O.O. The van der Waals surface area contributed by atoms with Gasteiger partial charge in [-0.1, -0.05) is 36.7 Å². The van der Waals surface area contributed by atoms with Crippen LogP contribution >= 0.6 is 0 Å². The van der Waals surface area contributed by atoms with Gasteiger partial charge in [-0.3, -0.25) is 0 Å². The third kappa shape index (κ3) is 3.81. The average Bonchev–Trinajstić information content (AvgIpc) is 1.90. The first-order valence-corrected chi connectivity index (χ1v) is 3.38. The molecule has 0 fully saturated rings. The first kappa shape index (κ1) is 12.8. The molecule has 0 amide bonds. The second-order valence-corrected chi connectivity index (χ2v) is 2.34. The molecule has 0 saturated heterocycles. The van der Waals surface area contributed by atoms with Crippen LogP contribution in [0.5, 0.6) is 0 Å². The molecular formula is C8H15BO2. The lowest BCUT2D eigenvalue weighted by molar-refractivity contribution is 0.823. The van der Waals surface area contributed by atoms with E-state index < -0.39 is 0 Å². The second-order valence-electron chi connectivity index (χ2n) is 2.34. The molecule has 62 valence electrons. The van der Waals surface area contributed by atoms with E-state index >= 15 is 0 Å². The van der Waals surface area contributed by atoms with Crippen molar-refractivity contribution in [3.05, 3.63) is 29.8 Å². The number of hydrogen-bond donors (Lipinski definition) is 0. The summed E-state index contributed by atoms with van der Waals surface area (Å²) in [6.07, 6.45) is 1.14. The van der Waals surface area contributed by atoms with Crippen LogP contribution in [0.2, 0.25) is 0 Å². The smallest absolute Gasteiger partial charge is 0.139 e. The molecule has 0 bridgehead atoms. The summed E-state index contributed by atoms with van der Waals surface area (Å²) < 4.78 is 0. The molecule has 0 aliphatic rings. The fourth-order valence-corrected chi connectivity index (χ4v) is 0.824. The topological polar surface area (TPSA) is 63.0 Å². The maximum atomic E-state index is 2.18. The lowest BCUT2D eigenvalue weighted by Crippen LogP contribution is -1.99. The van der Waals surface area contributed by atoms with Crippen molar-refractivity contribution in [1.82, 2.24) is 0 Å². The minimum absolute atomic E-state index is 0. The van der Waals surface area contributed by atoms with Crippen LogP contribution in [0.15, 0.2) is 24.3 Å². The summed E-state index contributed by atoms with van der Waals surface area (Å²) >= 11 is 0. The minimum Gasteiger partial charge on any atom is -0.412 e. The van der Waals surface area contributed by atoms with E-state index in [9.17, 15) is 0 Å². The van der Waals surface area contributed by atoms with Gasteiger partial charge in [0.2, 0.25) is 0 Å². The van der Waals surface area contributed by atoms with Crippen molar-refractivity contribution in [2.45, 2.75) is 13.3 Å². The highest BCUT2D eigenvalue weighted by Gasteiger charge is 1.84. The van der Waals surface area contributed by atoms with E-state index in [1.165, 1.54) is 11.0 Å². The van der Waals surface area contributed by atoms with Crippen LogP contribution in [0, 0.1) is 0 Å². The summed E-state index contributed by atoms with van der Waals surface area (Å²) in [4.78, 5) is 0. The molecule has 1 aromatic carbocycles. The molecule has 0 radical (unpaired) electrons. The molecule has 0 unspecified atom stereocenters. The molecule has 1 aromatic rings. The van der Waals surface area contributed by atoms with Crippen LogP contribution in [-0.4, -0.2) is 18.8 Å². The Balaban J connectivity index is 0. The van der Waals surface area contributed by atoms with Crippen LogP contribution in [0.25, 0.3) is 0 Å². The number of rotatable bonds is 1. The highest BCUT2D eigenvalue weighted by atomic mass is 16.0. The summed E-state index contributed by atoms with van der Waals surface area (Å²) in [6, 6.07) is 8.66. The maximum Gasteiger partial charge on any atom is 0.139 e. The third-order valence-corrected chi connectivity index (χ3v) is 1.53. The van der Waals surface area contributed by atoms with Gasteiger partial charge < -0.3 is 11.0 Å². The first-order valence-electron chi connectivity index (χ1n) is 3.38. The van der Waals surface area contributed by atoms with Crippen LogP contribution in [-0.2, 0) is 6.42 Å². The van der Waals surface area contributed by atoms with Crippen molar-refractivity contribution in [2.75, 3.05) is 0 Å². The Morgan fingerprint density at radius 3 is 1.91 bits per heavy atom. The summed E-state index contributed by atoms with van der Waals surface area (Å²) in [6.45, 7) is 2.17. The molecule has 3 heteroatoms. The second kappa shape index (κ2) is 5.95. The fourth-order valence-electron chi connectivity index (χ4n) is 0.824. The minimum atomic E-state index is 0. The predicted octanol–water partition coefficient (Wildman–Crippen LogP) is -1.14. The van der Waals surface area contributed by atoms with Crippen molar-refractivity contribution in [2.24, 2.45) is 0 Å². The normalized spacial score (nSPS) is 7.73. The van der Waals surface area contributed by atoms with Gasteiger partial charge in [-0.25, -0.2) is 0 Å². The summed E-state index contributed by atoms with van der Waals surface area (Å²) in [5.74, 6) is 0. The zero-order valence-electron chi connectivity index (χ0n) is 7.02. The van der Waals surface area contributed by atoms with Gasteiger partial charge in [0, 0.05) is 0 Å². The summed E-state index contributed by atoms with van der Waals surface area (Å²) in [5.41, 5.74) is 2.76. The molecule has 0 atom stereocenters. The standard InChI is InChI=1S/C8H11B.2H2O/c1-2-7-3-5-8(9)6-4-7;;/h3-6H,2,9H2,1H3;2*1H2. The molecular weight excluding hydrogens is 139 g/mol. The lowest BCUT2D eigenvalue weighted by atomic mass is 9.95. The molecule has 0 aromatic heterocycles. The Labute approximate surface area is 68.3 Å². The van der Waals surface area contributed by atoms with Crippen molar-refractivity contribution >= 4 is 13.3 Å². The van der Waals surface area contributed by atoms with Crippen LogP contribution in [0.4, 0.5) is 0 Å². The largest absolute Gasteiger partial charge is 0.412 e. The van der Waals surface area contributed by atoms with E-state index in [1.807, 2.05) is 0 Å². The van der Waals surface area contributed by atoms with Gasteiger partial charge in [0.1, 0.15) is 7.85 Å². The zero-order chi connectivity index (χ0) is 6.69. The van der Waals surface area contributed by atoms with E-state index in [1.54, 1.807) is 0 Å². The molecule has 0 aliphatic heterocycles. The number of aryl methyl sites for hydroxylation is 1. The quantitative estimate of drug-likeness (QED) is 0.459. The summed E-state index contributed by atoms with van der Waals surface area (Å²) in [7, 11) is 2.11. The van der Waals surface area contributed by atoms with Gasteiger partial charge in [0.15, 0.2) is 0 Å². The van der Waals surface area contributed by atoms with Gasteiger partial charge in [-0.05, 0) is 12.0 Å². The first-order chi connectivity index (χ1) is 4.33. The van der Waals surface area contributed by atoms with Crippen molar-refractivity contribution in [3.8, 4) is 0 Å². The highest BCUT2D eigenvalue weighted by Crippen LogP contribution is 1.95. The Kier molecular flexibility index (Phi) is 6.95. The van der Waals surface area contributed by atoms with Gasteiger partial charge in [0.25, 0.3) is 0 Å². The number of hydrogen-bond acceptors (Lipinski definition) is 0. The highest BCUT2D eigenvalue weighted by molar-refractivity contribution is 6.32. The van der Waals surface area contributed by atoms with Crippen LogP contribution in [0.3, 0.4) is 0 Å². The van der Waals surface area contributed by atoms with Crippen molar-refractivity contribution < 1.29 is 11.0 Å². The Bertz CT molecular complexity index is 184. The molecule has 11 heavy (non-hydrogen) atoms. The Morgan fingerprint density at radius 1 is 1.09 bits per heavy atom. The van der Waals surface area contributed by atoms with Gasteiger partial charge >= 0.3 is 0 Å². The molecule has 1 rings (SSSR count). The Hall–Kier alpha value is -0.795. The molecule has 4 N–H and O–H groups in total. The van der Waals surface area contributed by atoms with Crippen molar-refractivity contribution in [3.63, 3.8) is 0 Å². The van der Waals surface area contributed by atoms with E-state index in [0.717, 1.165) is 6.42 Å². The number of benzene rings is 1. The monoisotopic (exact) mass is 154 g/mol. The average molecular weight is 154 g/mol. The third-order valence-electron chi connectivity index (χ3n) is 1.53. The van der Waals surface area contributed by atoms with E-state index in [2.05, 4.69) is 39.0 Å². The van der Waals surface area contributed by atoms with Crippen LogP contribution < -0.4 is 5.46 Å². The molecule has 2 nitrogen and oxygen atoms in total. The van der Waals surface area contributed by atoms with Gasteiger partial charge in [-0.2, -0.15) is 0 Å². The molecule has 0 aliphatic carbocycles. The van der Waals surface area contributed by atoms with E-state index in [0.29, 0.717) is 0 Å². The van der Waals surface area contributed by atoms with Gasteiger partial charge in [-0.15, -0.1) is 0 Å². The zero-order valence-corrected chi connectivity index (χ0v) is 7.02. The Morgan fingerprint density at radius 2 is 1.55 bits per heavy atom. The molecule has 0 heterocycles. The maximum absolute atomic E-state index is 2.18. The summed E-state index contributed by atoms with van der Waals surface area (Å²) in [5, 5.41) is 0. The van der Waals surface area contributed by atoms with E-state index in [4.69, 9.17) is 0 Å². The fraction of sp³-hybridized carbons (Fsp3) is 0.250. The predicted molar refractivity (Wildman–Crippen MR) is 51.2 cm³/mol. The van der Waals surface area contributed by atoms with Crippen molar-refractivity contribution in [1.29, 1.82) is 0 Å². The van der Waals surface area contributed by atoms with Crippen LogP contribution in [0.1, 0.15) is 12.5 Å². The lowest BCUT2D eigenvalue weighted by Gasteiger charge is -1.94. The van der Waals surface area contributed by atoms with Gasteiger partial charge in [0.05, 0.1) is 0 Å².